The summed E-state index contributed by atoms with van der Waals surface area (Å²) < 4.78 is 84.7. The van der Waals surface area contributed by atoms with Crippen LogP contribution in [-0.4, -0.2) is 127 Å². The number of nitrogens with zero attached hydrogens (tertiary/aromatic N) is 6. The maximum Gasteiger partial charge on any atom is 0.223 e. The van der Waals surface area contributed by atoms with Crippen molar-refractivity contribution in [2.24, 2.45) is 31.4 Å². The molecular weight excluding hydrogens is 456 g/mol. The first-order chi connectivity index (χ1) is 19.5. The lowest BCUT2D eigenvalue weighted by atomic mass is 10.1. The van der Waals surface area contributed by atoms with E-state index >= 15 is 0 Å². The van der Waals surface area contributed by atoms with Crippen molar-refractivity contribution >= 4 is 24.6 Å². The summed E-state index contributed by atoms with van der Waals surface area (Å²) in [5, 5.41) is 58.8. The minimum Gasteiger partial charge on any atom is -0.394 e. The zero-order valence-corrected chi connectivity index (χ0v) is 17.1. The molecule has 0 aromatic carbocycles. The topological polar surface area (TPSA) is 248 Å². The van der Waals surface area contributed by atoms with Crippen LogP contribution in [-0.2, 0) is 9.47 Å². The van der Waals surface area contributed by atoms with Gasteiger partial charge in [-0.15, -0.1) is 0 Å². The van der Waals surface area contributed by atoms with E-state index < -0.39 is 67.9 Å². The second-order valence-corrected chi connectivity index (χ2v) is 6.36. The molecule has 34 heavy (non-hydrogen) atoms. The van der Waals surface area contributed by atoms with Crippen molar-refractivity contribution in [3.05, 3.63) is 24.8 Å². The Morgan fingerprint density at radius 2 is 1.38 bits per heavy atom. The number of aliphatic imine (C=N–C) groups is 4. The van der Waals surface area contributed by atoms with Gasteiger partial charge in [-0.05, 0) is 0 Å². The van der Waals surface area contributed by atoms with Crippen molar-refractivity contribution in [3.63, 3.8) is 0 Å². The normalized spacial score (nSPS) is 55.6. The molecule has 188 valence electrons. The quantitative estimate of drug-likeness (QED) is 0.183. The molecule has 0 aromatic heterocycles. The highest BCUT2D eigenvalue weighted by atomic mass is 16.6. The molecule has 16 nitrogen and oxygen atoms in total. The lowest BCUT2D eigenvalue weighted by Gasteiger charge is -2.29. The number of hydrogen-bond acceptors (Lipinski definition) is 16. The molecule has 0 aromatic rings. The monoisotopic (exact) mass is 494 g/mol. The highest BCUT2D eigenvalue weighted by molar-refractivity contribution is 5.89. The zero-order valence-electron chi connectivity index (χ0n) is 27.1. The van der Waals surface area contributed by atoms with Crippen LogP contribution in [0.15, 0.2) is 44.8 Å². The van der Waals surface area contributed by atoms with Crippen LogP contribution in [0.25, 0.3) is 0 Å². The first kappa shape index (κ1) is 15.1. The standard InChI is InChI=1S/2C9H14N4O4/c2*1-4-12-9(10)11-3-13(4)8-7(16)6(15)5(2-14)17-8/h2*3,5-8,14-16H,1-2H2,(H2,10,12)/t2*5-,6+,7?,8-/m11/s1/i2D2,5D,6D,7D,8D;2D2,5D,6D. The van der Waals surface area contributed by atoms with Gasteiger partial charge in [0.1, 0.15) is 60.8 Å². The van der Waals surface area contributed by atoms with Gasteiger partial charge in [-0.2, -0.15) is 9.98 Å². The van der Waals surface area contributed by atoms with Crippen LogP contribution >= 0.6 is 0 Å². The van der Waals surface area contributed by atoms with Gasteiger partial charge in [0.25, 0.3) is 0 Å². The van der Waals surface area contributed by atoms with Gasteiger partial charge in [0.2, 0.25) is 11.9 Å². The summed E-state index contributed by atoms with van der Waals surface area (Å²) in [6, 6.07) is 0. The Kier molecular flexibility index (Phi) is 4.68. The number of ether oxygens (including phenoxy) is 2. The van der Waals surface area contributed by atoms with E-state index in [2.05, 4.69) is 37.9 Å². The summed E-state index contributed by atoms with van der Waals surface area (Å²) in [5.41, 5.74) is 10.6. The molecule has 2 unspecified atom stereocenters. The predicted octanol–water partition coefficient (Wildman–Crippen LogP) is -4.89. The van der Waals surface area contributed by atoms with Gasteiger partial charge in [-0.25, -0.2) is 9.98 Å². The van der Waals surface area contributed by atoms with E-state index in [0.29, 0.717) is 4.90 Å². The molecule has 4 aliphatic rings. The maximum absolute atomic E-state index is 10.2. The van der Waals surface area contributed by atoms with Crippen LogP contribution in [0, 0.1) is 0 Å². The van der Waals surface area contributed by atoms with E-state index in [-0.39, 0.29) is 17.7 Å². The highest BCUT2D eigenvalue weighted by Crippen LogP contribution is 2.27. The Labute approximate surface area is 207 Å². The minimum atomic E-state index is -3.78. The maximum atomic E-state index is 10.2. The highest BCUT2D eigenvalue weighted by Gasteiger charge is 2.46. The van der Waals surface area contributed by atoms with Gasteiger partial charge in [0.15, 0.2) is 12.4 Å². The first-order valence-electron chi connectivity index (χ1n) is 13.9. The van der Waals surface area contributed by atoms with Gasteiger partial charge >= 0.3 is 0 Å². The van der Waals surface area contributed by atoms with Gasteiger partial charge in [-0.1, -0.05) is 13.2 Å². The van der Waals surface area contributed by atoms with Crippen LogP contribution < -0.4 is 11.5 Å². The van der Waals surface area contributed by atoms with Crippen LogP contribution in [0.1, 0.15) is 13.7 Å². The van der Waals surface area contributed by atoms with E-state index in [1.54, 1.807) is 0 Å². The van der Waals surface area contributed by atoms with Crippen LogP contribution in [0.3, 0.4) is 0 Å². The molecule has 4 aliphatic heterocycles. The van der Waals surface area contributed by atoms with Gasteiger partial charge < -0.3 is 51.6 Å². The van der Waals surface area contributed by atoms with Crippen molar-refractivity contribution in [1.29, 1.82) is 0 Å². The van der Waals surface area contributed by atoms with Crippen molar-refractivity contribution in [2.75, 3.05) is 13.1 Å². The zero-order chi connectivity index (χ0) is 34.3. The Hall–Kier alpha value is -2.96. The van der Waals surface area contributed by atoms with Gasteiger partial charge in [0.05, 0.1) is 26.8 Å². The van der Waals surface area contributed by atoms with Crippen molar-refractivity contribution < 1.29 is 53.8 Å². The lowest BCUT2D eigenvalue weighted by molar-refractivity contribution is -0.0607. The molecular formula is C18H28N8O8. The number of nitrogens with two attached hydrogens (primary N) is 2. The largest absolute Gasteiger partial charge is 0.394 e. The van der Waals surface area contributed by atoms with E-state index in [1.807, 2.05) is 0 Å². The van der Waals surface area contributed by atoms with E-state index in [1.165, 1.54) is 0 Å². The third kappa shape index (κ3) is 5.08. The third-order valence-corrected chi connectivity index (χ3v) is 4.24. The number of rotatable bonds is 4. The summed E-state index contributed by atoms with van der Waals surface area (Å²) in [4.78, 5) is 15.8. The second kappa shape index (κ2) is 10.5. The molecule has 4 heterocycles. The summed E-state index contributed by atoms with van der Waals surface area (Å²) >= 11 is 0. The average molecular weight is 495 g/mol. The molecule has 16 heteroatoms. The summed E-state index contributed by atoms with van der Waals surface area (Å²) in [5.74, 6) is -0.863. The number of hydrogen-bond donors (Lipinski definition) is 8. The number of aliphatic hydroxyl groups is 6. The molecule has 0 radical (unpaired) electrons. The molecule has 0 bridgehead atoms. The predicted molar refractivity (Wildman–Crippen MR) is 118 cm³/mol. The molecule has 0 amide bonds. The average Bonchev–Trinajstić information content (AvgIpc) is 3.10. The summed E-state index contributed by atoms with van der Waals surface area (Å²) in [6.45, 7) is -0.261. The SMILES string of the molecule is [2H]C([2H])(O)[C@@]1([2H])O[C@@H](N2C=NC(N)=NC2=C)C(O)[C@@]1([2H])O.[2H]C1(O)[C@]([2H])(N2C=NC(N)=NC2=C)O[C@]([2H])(C([2H])([2H])O)[C@]1([2H])O. The molecule has 2 saturated heterocycles. The molecule has 8 atom stereocenters. The minimum absolute atomic E-state index is 0.0647. The van der Waals surface area contributed by atoms with Crippen molar-refractivity contribution in [3.8, 4) is 0 Å². The number of guanidine groups is 2. The van der Waals surface area contributed by atoms with Crippen LogP contribution in [0.4, 0.5) is 0 Å². The van der Waals surface area contributed by atoms with E-state index in [4.69, 9.17) is 29.9 Å². The number of aliphatic hydroxyl groups excluding tert-OH is 1. The Morgan fingerprint density at radius 1 is 0.882 bits per heavy atom. The van der Waals surface area contributed by atoms with E-state index in [9.17, 15) is 30.6 Å². The smallest absolute Gasteiger partial charge is 0.223 e. The molecule has 0 saturated carbocycles. The fraction of sp³-hybridized carbons (Fsp3) is 0.556. The summed E-state index contributed by atoms with van der Waals surface area (Å²) in [6.07, 6.45) is -22.4. The van der Waals surface area contributed by atoms with Crippen molar-refractivity contribution in [2.45, 2.75) is 48.9 Å². The Morgan fingerprint density at radius 3 is 1.82 bits per heavy atom. The van der Waals surface area contributed by atoms with E-state index in [0.717, 1.165) is 17.6 Å². The van der Waals surface area contributed by atoms with Crippen LogP contribution in [0.5, 0.6) is 0 Å². The van der Waals surface area contributed by atoms with Crippen molar-refractivity contribution in [1.82, 2.24) is 9.80 Å². The molecule has 2 fully saturated rings. The molecule has 0 spiro atoms. The lowest BCUT2D eigenvalue weighted by Crippen LogP contribution is -2.44. The van der Waals surface area contributed by atoms with Crippen LogP contribution in [0.2, 0.25) is 0 Å². The third-order valence-electron chi connectivity index (χ3n) is 4.24. The fourth-order valence-electron chi connectivity index (χ4n) is 2.64. The molecule has 0 aliphatic carbocycles. The van der Waals surface area contributed by atoms with Gasteiger partial charge in [0, 0.05) is 0 Å². The molecule has 10 N–H and O–H groups in total. The van der Waals surface area contributed by atoms with Gasteiger partial charge in [-0.3, -0.25) is 9.80 Å². The first-order valence-corrected chi connectivity index (χ1v) is 8.93. The molecule has 4 rings (SSSR count). The summed E-state index contributed by atoms with van der Waals surface area (Å²) in [7, 11) is 0. The Bertz CT molecular complexity index is 1350. The fourth-order valence-corrected chi connectivity index (χ4v) is 2.64. The Balaban J connectivity index is 0.000000241. The second-order valence-electron chi connectivity index (χ2n) is 6.36.